The number of rotatable bonds is 3. The molecular weight excluding hydrogens is 186 g/mol. The smallest absolute Gasteiger partial charge is 0.224 e. The molecule has 1 aliphatic carbocycles. The summed E-state index contributed by atoms with van der Waals surface area (Å²) in [6.07, 6.45) is 8.33. The predicted octanol–water partition coefficient (Wildman–Crippen LogP) is 2.41. The maximum Gasteiger partial charge on any atom is 0.224 e. The largest absolute Gasteiger partial charge is 0.325 e. The molecule has 0 unspecified atom stereocenters. The molecule has 0 atom stereocenters. The van der Waals surface area contributed by atoms with Crippen LogP contribution in [0.1, 0.15) is 24.8 Å². The lowest BCUT2D eigenvalue weighted by molar-refractivity contribution is -0.116. The van der Waals surface area contributed by atoms with Crippen molar-refractivity contribution < 1.29 is 4.79 Å². The van der Waals surface area contributed by atoms with Crippen molar-refractivity contribution in [2.24, 2.45) is 5.92 Å². The quantitative estimate of drug-likeness (QED) is 0.744. The number of amides is 1. The molecule has 1 amide bonds. The Balaban J connectivity index is 2.02. The minimum atomic E-state index is 0.0696. The molecule has 0 aromatic heterocycles. The van der Waals surface area contributed by atoms with Crippen molar-refractivity contribution in [3.05, 3.63) is 29.8 Å². The van der Waals surface area contributed by atoms with E-state index < -0.39 is 0 Å². The van der Waals surface area contributed by atoms with E-state index in [1.165, 1.54) is 12.8 Å². The van der Waals surface area contributed by atoms with E-state index in [1.54, 1.807) is 0 Å². The molecule has 15 heavy (non-hydrogen) atoms. The second kappa shape index (κ2) is 4.18. The number of anilines is 1. The zero-order chi connectivity index (χ0) is 10.7. The molecule has 1 aromatic carbocycles. The summed E-state index contributed by atoms with van der Waals surface area (Å²) in [7, 11) is 0. The summed E-state index contributed by atoms with van der Waals surface area (Å²) in [6, 6.07) is 7.39. The molecule has 2 rings (SSSR count). The number of terminal acetylenes is 1. The van der Waals surface area contributed by atoms with Gasteiger partial charge in [0.1, 0.15) is 0 Å². The first kappa shape index (κ1) is 9.79. The third-order valence-electron chi connectivity index (χ3n) is 2.53. The SMILES string of the molecule is C#Cc1ccccc1NC(=O)CC1CC1. The maximum atomic E-state index is 11.6. The van der Waals surface area contributed by atoms with E-state index in [0.29, 0.717) is 12.3 Å². The average molecular weight is 199 g/mol. The van der Waals surface area contributed by atoms with E-state index in [4.69, 9.17) is 6.42 Å². The lowest BCUT2D eigenvalue weighted by Gasteiger charge is -2.06. The summed E-state index contributed by atoms with van der Waals surface area (Å²) in [6.45, 7) is 0. The van der Waals surface area contributed by atoms with Gasteiger partial charge in [0, 0.05) is 12.0 Å². The van der Waals surface area contributed by atoms with Gasteiger partial charge in [-0.3, -0.25) is 4.79 Å². The van der Waals surface area contributed by atoms with Gasteiger partial charge in [0.15, 0.2) is 0 Å². The first-order valence-corrected chi connectivity index (χ1v) is 5.15. The van der Waals surface area contributed by atoms with Gasteiger partial charge in [-0.1, -0.05) is 18.1 Å². The fourth-order valence-electron chi connectivity index (χ4n) is 1.50. The van der Waals surface area contributed by atoms with Gasteiger partial charge in [0.25, 0.3) is 0 Å². The van der Waals surface area contributed by atoms with Crippen molar-refractivity contribution in [3.63, 3.8) is 0 Å². The van der Waals surface area contributed by atoms with Crippen LogP contribution in [0.25, 0.3) is 0 Å². The van der Waals surface area contributed by atoms with Gasteiger partial charge in [-0.2, -0.15) is 0 Å². The highest BCUT2D eigenvalue weighted by Gasteiger charge is 2.24. The van der Waals surface area contributed by atoms with Crippen LogP contribution in [0.3, 0.4) is 0 Å². The summed E-state index contributed by atoms with van der Waals surface area (Å²) in [5.41, 5.74) is 1.48. The van der Waals surface area contributed by atoms with E-state index in [1.807, 2.05) is 24.3 Å². The van der Waals surface area contributed by atoms with E-state index in [9.17, 15) is 4.79 Å². The Kier molecular flexibility index (Phi) is 2.73. The molecule has 0 bridgehead atoms. The molecule has 1 saturated carbocycles. The lowest BCUT2D eigenvalue weighted by atomic mass is 10.2. The minimum Gasteiger partial charge on any atom is -0.325 e. The normalized spacial score (nSPS) is 14.3. The number of carbonyl (C=O) groups excluding carboxylic acids is 1. The molecule has 0 spiro atoms. The van der Waals surface area contributed by atoms with Crippen LogP contribution in [0.2, 0.25) is 0 Å². The number of hydrogen-bond acceptors (Lipinski definition) is 1. The van der Waals surface area contributed by atoms with Crippen LogP contribution < -0.4 is 5.32 Å². The second-order valence-electron chi connectivity index (χ2n) is 3.89. The van der Waals surface area contributed by atoms with Crippen molar-refractivity contribution in [1.29, 1.82) is 0 Å². The monoisotopic (exact) mass is 199 g/mol. The van der Waals surface area contributed by atoms with Crippen LogP contribution in [-0.2, 0) is 4.79 Å². The Morgan fingerprint density at radius 2 is 2.20 bits per heavy atom. The van der Waals surface area contributed by atoms with Crippen molar-refractivity contribution in [2.75, 3.05) is 5.32 Å². The summed E-state index contributed by atoms with van der Waals surface area (Å²) in [5, 5.41) is 2.85. The molecule has 0 aliphatic heterocycles. The van der Waals surface area contributed by atoms with E-state index in [2.05, 4.69) is 11.2 Å². The Hall–Kier alpha value is -1.75. The highest BCUT2D eigenvalue weighted by molar-refractivity contribution is 5.92. The number of benzene rings is 1. The van der Waals surface area contributed by atoms with Crippen LogP contribution in [0.4, 0.5) is 5.69 Å². The summed E-state index contributed by atoms with van der Waals surface area (Å²) in [5.74, 6) is 3.22. The Labute approximate surface area is 89.7 Å². The van der Waals surface area contributed by atoms with E-state index in [-0.39, 0.29) is 5.91 Å². The molecule has 1 aliphatic rings. The molecule has 2 nitrogen and oxygen atoms in total. The van der Waals surface area contributed by atoms with Crippen LogP contribution in [0.5, 0.6) is 0 Å². The van der Waals surface area contributed by atoms with Crippen LogP contribution >= 0.6 is 0 Å². The maximum absolute atomic E-state index is 11.6. The van der Waals surface area contributed by atoms with Crippen LogP contribution in [0.15, 0.2) is 24.3 Å². The predicted molar refractivity (Wildman–Crippen MR) is 60.3 cm³/mol. The molecule has 1 aromatic rings. The average Bonchev–Trinajstić information content (AvgIpc) is 3.02. The van der Waals surface area contributed by atoms with Gasteiger partial charge >= 0.3 is 0 Å². The number of para-hydroxylation sites is 1. The Bertz CT molecular complexity index is 413. The van der Waals surface area contributed by atoms with Gasteiger partial charge in [-0.25, -0.2) is 0 Å². The fraction of sp³-hybridized carbons (Fsp3) is 0.308. The Morgan fingerprint density at radius 1 is 1.47 bits per heavy atom. The van der Waals surface area contributed by atoms with Gasteiger partial charge in [0.05, 0.1) is 5.69 Å². The van der Waals surface area contributed by atoms with Crippen molar-refractivity contribution in [1.82, 2.24) is 0 Å². The highest BCUT2D eigenvalue weighted by Crippen LogP contribution is 2.32. The van der Waals surface area contributed by atoms with Gasteiger partial charge in [-0.05, 0) is 30.9 Å². The standard InChI is InChI=1S/C13H13NO/c1-2-11-5-3-4-6-12(11)14-13(15)9-10-7-8-10/h1,3-6,10H,7-9H2,(H,14,15). The molecule has 0 saturated heterocycles. The molecule has 1 fully saturated rings. The van der Waals surface area contributed by atoms with Crippen molar-refractivity contribution in [3.8, 4) is 12.3 Å². The molecule has 2 heteroatoms. The zero-order valence-electron chi connectivity index (χ0n) is 8.49. The first-order chi connectivity index (χ1) is 7.29. The van der Waals surface area contributed by atoms with E-state index in [0.717, 1.165) is 11.3 Å². The van der Waals surface area contributed by atoms with Crippen molar-refractivity contribution >= 4 is 11.6 Å². The second-order valence-corrected chi connectivity index (χ2v) is 3.89. The first-order valence-electron chi connectivity index (χ1n) is 5.15. The third kappa shape index (κ3) is 2.60. The molecule has 1 N–H and O–H groups in total. The summed E-state index contributed by atoms with van der Waals surface area (Å²) < 4.78 is 0. The number of nitrogens with one attached hydrogen (secondary N) is 1. The fourth-order valence-corrected chi connectivity index (χ4v) is 1.50. The van der Waals surface area contributed by atoms with Gasteiger partial charge < -0.3 is 5.32 Å². The van der Waals surface area contributed by atoms with Gasteiger partial charge in [-0.15, -0.1) is 6.42 Å². The van der Waals surface area contributed by atoms with Crippen LogP contribution in [-0.4, -0.2) is 5.91 Å². The summed E-state index contributed by atoms with van der Waals surface area (Å²) in [4.78, 5) is 11.6. The van der Waals surface area contributed by atoms with Gasteiger partial charge in [0.2, 0.25) is 5.91 Å². The number of hydrogen-bond donors (Lipinski definition) is 1. The van der Waals surface area contributed by atoms with Crippen molar-refractivity contribution in [2.45, 2.75) is 19.3 Å². The lowest BCUT2D eigenvalue weighted by Crippen LogP contribution is -2.12. The molecule has 76 valence electrons. The van der Waals surface area contributed by atoms with Crippen LogP contribution in [0, 0.1) is 18.3 Å². The molecule has 0 heterocycles. The highest BCUT2D eigenvalue weighted by atomic mass is 16.1. The minimum absolute atomic E-state index is 0.0696. The number of carbonyl (C=O) groups is 1. The molecular formula is C13H13NO. The Morgan fingerprint density at radius 3 is 2.87 bits per heavy atom. The molecule has 0 radical (unpaired) electrons. The van der Waals surface area contributed by atoms with E-state index >= 15 is 0 Å². The third-order valence-corrected chi connectivity index (χ3v) is 2.53. The zero-order valence-corrected chi connectivity index (χ0v) is 8.49. The summed E-state index contributed by atoms with van der Waals surface area (Å²) >= 11 is 0. The topological polar surface area (TPSA) is 29.1 Å².